The molecule has 5 heteroatoms. The number of ether oxygens (including phenoxy) is 2. The van der Waals surface area contributed by atoms with E-state index < -0.39 is 0 Å². The average Bonchev–Trinajstić information content (AvgIpc) is 2.78. The van der Waals surface area contributed by atoms with Crippen LogP contribution in [0, 0.1) is 0 Å². The molecular weight excluding hydrogens is 364 g/mol. The number of benzene rings is 3. The third-order valence-electron chi connectivity index (χ3n) is 5.24. The second-order valence-corrected chi connectivity index (χ2v) is 6.93. The largest absolute Gasteiger partial charge is 0.497 e. The van der Waals surface area contributed by atoms with Crippen LogP contribution in [-0.4, -0.2) is 31.6 Å². The molecule has 29 heavy (non-hydrogen) atoms. The van der Waals surface area contributed by atoms with E-state index in [9.17, 15) is 4.79 Å². The molecule has 1 atom stereocenters. The van der Waals surface area contributed by atoms with E-state index in [1.807, 2.05) is 65.6 Å². The van der Waals surface area contributed by atoms with Crippen molar-refractivity contribution in [1.29, 1.82) is 0 Å². The van der Waals surface area contributed by atoms with E-state index in [0.717, 1.165) is 17.7 Å². The minimum absolute atomic E-state index is 0.0122. The Morgan fingerprint density at radius 1 is 0.931 bits per heavy atom. The summed E-state index contributed by atoms with van der Waals surface area (Å²) < 4.78 is 10.9. The summed E-state index contributed by atoms with van der Waals surface area (Å²) in [5.74, 6) is 1.40. The van der Waals surface area contributed by atoms with Crippen molar-refractivity contribution in [1.82, 2.24) is 4.90 Å². The van der Waals surface area contributed by atoms with Crippen LogP contribution < -0.4 is 14.8 Å². The van der Waals surface area contributed by atoms with Crippen molar-refractivity contribution < 1.29 is 14.3 Å². The van der Waals surface area contributed by atoms with Gasteiger partial charge in [-0.05, 0) is 36.2 Å². The van der Waals surface area contributed by atoms with Crippen LogP contribution in [0.4, 0.5) is 5.69 Å². The van der Waals surface area contributed by atoms with Crippen LogP contribution in [0.1, 0.15) is 27.7 Å². The Labute approximate surface area is 170 Å². The van der Waals surface area contributed by atoms with Gasteiger partial charge < -0.3 is 19.7 Å². The molecule has 0 radical (unpaired) electrons. The number of rotatable bonds is 6. The normalized spacial score (nSPS) is 15.4. The number of fused-ring (bicyclic) bond motifs is 1. The van der Waals surface area contributed by atoms with Crippen molar-refractivity contribution in [2.75, 3.05) is 26.1 Å². The summed E-state index contributed by atoms with van der Waals surface area (Å²) in [6.45, 7) is 0.587. The van der Waals surface area contributed by atoms with Gasteiger partial charge in [0.15, 0.2) is 0 Å². The van der Waals surface area contributed by atoms with E-state index in [-0.39, 0.29) is 12.1 Å². The summed E-state index contributed by atoms with van der Waals surface area (Å²) in [5, 5.41) is 3.53. The molecule has 0 aliphatic carbocycles. The van der Waals surface area contributed by atoms with Gasteiger partial charge in [0.2, 0.25) is 0 Å². The number of para-hydroxylation sites is 1. The fraction of sp³-hybridized carbons (Fsp3) is 0.208. The van der Waals surface area contributed by atoms with Crippen molar-refractivity contribution in [3.05, 3.63) is 89.5 Å². The van der Waals surface area contributed by atoms with Gasteiger partial charge in [0.1, 0.15) is 17.7 Å². The Balaban J connectivity index is 1.72. The predicted octanol–water partition coefficient (Wildman–Crippen LogP) is 4.51. The fourth-order valence-electron chi connectivity index (χ4n) is 3.71. The number of hydrogen-bond donors (Lipinski definition) is 1. The predicted molar refractivity (Wildman–Crippen MR) is 114 cm³/mol. The molecule has 4 rings (SSSR count). The number of anilines is 1. The van der Waals surface area contributed by atoms with Crippen molar-refractivity contribution in [2.45, 2.75) is 12.6 Å². The summed E-state index contributed by atoms with van der Waals surface area (Å²) in [7, 11) is 3.25. The summed E-state index contributed by atoms with van der Waals surface area (Å²) in [6.07, 6.45) is 0.438. The Kier molecular flexibility index (Phi) is 5.38. The molecule has 0 saturated carbocycles. The zero-order valence-corrected chi connectivity index (χ0v) is 16.6. The third kappa shape index (κ3) is 3.76. The molecule has 3 aromatic carbocycles. The lowest BCUT2D eigenvalue weighted by Crippen LogP contribution is -2.44. The number of hydrogen-bond acceptors (Lipinski definition) is 4. The summed E-state index contributed by atoms with van der Waals surface area (Å²) in [6, 6.07) is 23.5. The first-order valence-electron chi connectivity index (χ1n) is 9.63. The van der Waals surface area contributed by atoms with Crippen LogP contribution in [0.3, 0.4) is 0 Å². The van der Waals surface area contributed by atoms with Crippen molar-refractivity contribution in [3.8, 4) is 11.5 Å². The average molecular weight is 388 g/mol. The number of carbonyl (C=O) groups is 1. The molecule has 148 valence electrons. The van der Waals surface area contributed by atoms with Crippen LogP contribution in [0.2, 0.25) is 0 Å². The van der Waals surface area contributed by atoms with Gasteiger partial charge in [-0.2, -0.15) is 0 Å². The van der Waals surface area contributed by atoms with Gasteiger partial charge in [0.05, 0.1) is 19.8 Å². The highest BCUT2D eigenvalue weighted by Gasteiger charge is 2.34. The summed E-state index contributed by atoms with van der Waals surface area (Å²) in [5.41, 5.74) is 3.60. The van der Waals surface area contributed by atoms with Gasteiger partial charge in [-0.1, -0.05) is 42.5 Å². The molecule has 5 nitrogen and oxygen atoms in total. The lowest BCUT2D eigenvalue weighted by Gasteiger charge is -2.38. The number of carbonyl (C=O) groups excluding carboxylic acids is 1. The molecule has 1 heterocycles. The highest BCUT2D eigenvalue weighted by Crippen LogP contribution is 2.38. The smallest absolute Gasteiger partial charge is 0.257 e. The van der Waals surface area contributed by atoms with Gasteiger partial charge in [0, 0.05) is 23.9 Å². The molecular formula is C24H24N2O3. The maximum atomic E-state index is 13.4. The topological polar surface area (TPSA) is 50.8 Å². The molecule has 3 aromatic rings. The lowest BCUT2D eigenvalue weighted by atomic mass is 10.0. The maximum absolute atomic E-state index is 13.4. The van der Waals surface area contributed by atoms with E-state index in [1.165, 1.54) is 5.56 Å². The first-order valence-corrected chi connectivity index (χ1v) is 9.63. The minimum atomic E-state index is -0.332. The second-order valence-electron chi connectivity index (χ2n) is 6.93. The molecule has 0 saturated heterocycles. The first-order chi connectivity index (χ1) is 14.2. The van der Waals surface area contributed by atoms with Gasteiger partial charge in [0.25, 0.3) is 5.91 Å². The zero-order chi connectivity index (χ0) is 20.2. The Morgan fingerprint density at radius 2 is 1.69 bits per heavy atom. The monoisotopic (exact) mass is 388 g/mol. The molecule has 0 fully saturated rings. The third-order valence-corrected chi connectivity index (χ3v) is 5.24. The molecule has 1 aliphatic rings. The van der Waals surface area contributed by atoms with Crippen molar-refractivity contribution in [3.63, 3.8) is 0 Å². The number of amides is 1. The lowest BCUT2D eigenvalue weighted by molar-refractivity contribution is 0.0683. The summed E-state index contributed by atoms with van der Waals surface area (Å²) in [4.78, 5) is 15.2. The van der Waals surface area contributed by atoms with Gasteiger partial charge in [-0.15, -0.1) is 0 Å². The van der Waals surface area contributed by atoms with Crippen molar-refractivity contribution in [2.24, 2.45) is 0 Å². The highest BCUT2D eigenvalue weighted by molar-refractivity contribution is 6.01. The molecule has 1 unspecified atom stereocenters. The van der Waals surface area contributed by atoms with Crippen LogP contribution in [0.25, 0.3) is 0 Å². The Hall–Kier alpha value is -3.47. The molecule has 1 aliphatic heterocycles. The minimum Gasteiger partial charge on any atom is -0.497 e. The molecule has 0 bridgehead atoms. The molecule has 0 spiro atoms. The van der Waals surface area contributed by atoms with Crippen LogP contribution in [0.5, 0.6) is 11.5 Å². The van der Waals surface area contributed by atoms with Gasteiger partial charge in [-0.25, -0.2) is 0 Å². The van der Waals surface area contributed by atoms with Crippen LogP contribution >= 0.6 is 0 Å². The highest BCUT2D eigenvalue weighted by atomic mass is 16.5. The van der Waals surface area contributed by atoms with Gasteiger partial charge in [-0.3, -0.25) is 4.79 Å². The Morgan fingerprint density at radius 3 is 2.45 bits per heavy atom. The molecule has 1 N–H and O–H groups in total. The standard InChI is InChI=1S/C24H24N2O3/c1-28-18-12-13-20(22(16-18)29-2)23-25-21-11-7-6-10-19(21)24(27)26(23)15-14-17-8-4-3-5-9-17/h3-13,16,23,25H,14-15H2,1-2H3. The SMILES string of the molecule is COc1ccc(C2Nc3ccccc3C(=O)N2CCc2ccccc2)c(OC)c1. The zero-order valence-electron chi connectivity index (χ0n) is 16.6. The number of methoxy groups -OCH3 is 2. The number of nitrogens with one attached hydrogen (secondary N) is 1. The van der Waals surface area contributed by atoms with Crippen LogP contribution in [-0.2, 0) is 6.42 Å². The second kappa shape index (κ2) is 8.27. The maximum Gasteiger partial charge on any atom is 0.257 e. The van der Waals surface area contributed by atoms with Crippen LogP contribution in [0.15, 0.2) is 72.8 Å². The summed E-state index contributed by atoms with van der Waals surface area (Å²) >= 11 is 0. The van der Waals surface area contributed by atoms with E-state index >= 15 is 0 Å². The quantitative estimate of drug-likeness (QED) is 0.675. The molecule has 1 amide bonds. The number of nitrogens with zero attached hydrogens (tertiary/aromatic N) is 1. The van der Waals surface area contributed by atoms with E-state index in [0.29, 0.717) is 23.6 Å². The van der Waals surface area contributed by atoms with Crippen molar-refractivity contribution >= 4 is 11.6 Å². The van der Waals surface area contributed by atoms with Gasteiger partial charge >= 0.3 is 0 Å². The van der Waals surface area contributed by atoms with E-state index in [2.05, 4.69) is 17.4 Å². The van der Waals surface area contributed by atoms with E-state index in [4.69, 9.17) is 9.47 Å². The molecule has 0 aromatic heterocycles. The Bertz CT molecular complexity index is 1000. The van der Waals surface area contributed by atoms with E-state index in [1.54, 1.807) is 14.2 Å². The fourth-order valence-corrected chi connectivity index (χ4v) is 3.71. The first kappa shape index (κ1) is 18.9.